The normalized spacial score (nSPS) is 23.8. The van der Waals surface area contributed by atoms with Crippen molar-refractivity contribution >= 4 is 15.8 Å². The molecular formula is C17H23N5O2S. The minimum atomic E-state index is -2.80. The van der Waals surface area contributed by atoms with Crippen molar-refractivity contribution in [3.05, 3.63) is 30.6 Å². The summed E-state index contributed by atoms with van der Waals surface area (Å²) in [5.74, 6) is 1.37. The van der Waals surface area contributed by atoms with Gasteiger partial charge in [0, 0.05) is 37.6 Å². The molecule has 0 radical (unpaired) electrons. The maximum atomic E-state index is 11.5. The summed E-state index contributed by atoms with van der Waals surface area (Å²) in [4.78, 5) is 14.5. The van der Waals surface area contributed by atoms with Gasteiger partial charge in [0.05, 0.1) is 22.9 Å². The Bertz CT molecular complexity index is 807. The first kappa shape index (κ1) is 16.5. The third kappa shape index (κ3) is 3.85. The molecule has 2 aromatic heterocycles. The fraction of sp³-hybridized carbons (Fsp3) is 0.529. The highest BCUT2D eigenvalue weighted by Gasteiger charge is 2.29. The molecule has 7 nitrogen and oxygen atoms in total. The van der Waals surface area contributed by atoms with Crippen molar-refractivity contribution in [2.24, 2.45) is 0 Å². The summed E-state index contributed by atoms with van der Waals surface area (Å²) in [5.41, 5.74) is 1.88. The van der Waals surface area contributed by atoms with Gasteiger partial charge in [-0.2, -0.15) is 0 Å². The third-order valence-electron chi connectivity index (χ3n) is 5.01. The molecule has 2 fully saturated rings. The maximum absolute atomic E-state index is 11.5. The minimum absolute atomic E-state index is 0.305. The molecule has 2 aliphatic heterocycles. The lowest BCUT2D eigenvalue weighted by molar-refractivity contribution is 0.414. The van der Waals surface area contributed by atoms with Crippen molar-refractivity contribution in [2.75, 3.05) is 29.5 Å². The highest BCUT2D eigenvalue weighted by atomic mass is 32.2. The lowest BCUT2D eigenvalue weighted by Gasteiger charge is -2.26. The summed E-state index contributed by atoms with van der Waals surface area (Å²) in [6.07, 6.45) is 6.15. The van der Waals surface area contributed by atoms with E-state index in [0.29, 0.717) is 23.6 Å². The molecule has 0 aromatic carbocycles. The Morgan fingerprint density at radius 2 is 2.00 bits per heavy atom. The van der Waals surface area contributed by atoms with Crippen LogP contribution in [0.3, 0.4) is 0 Å². The molecule has 0 saturated carbocycles. The average Bonchev–Trinajstić information content (AvgIpc) is 3.29. The molecule has 8 heteroatoms. The van der Waals surface area contributed by atoms with Crippen LogP contribution in [0.2, 0.25) is 0 Å². The second kappa shape index (κ2) is 6.76. The lowest BCUT2D eigenvalue weighted by atomic mass is 10.1. The first-order valence-corrected chi connectivity index (χ1v) is 10.6. The zero-order valence-electron chi connectivity index (χ0n) is 14.1. The number of aromatic amines is 1. The molecule has 2 aliphatic rings. The van der Waals surface area contributed by atoms with Gasteiger partial charge in [0.2, 0.25) is 5.95 Å². The van der Waals surface area contributed by atoms with E-state index in [0.717, 1.165) is 49.7 Å². The number of rotatable bonds is 4. The van der Waals surface area contributed by atoms with Crippen LogP contribution in [0.5, 0.6) is 0 Å². The van der Waals surface area contributed by atoms with Crippen molar-refractivity contribution in [1.82, 2.24) is 20.3 Å². The maximum Gasteiger partial charge on any atom is 0.225 e. The molecule has 1 atom stereocenters. The molecule has 2 N–H and O–H groups in total. The lowest BCUT2D eigenvalue weighted by Crippen LogP contribution is -2.44. The monoisotopic (exact) mass is 361 g/mol. The summed E-state index contributed by atoms with van der Waals surface area (Å²) < 4.78 is 23.1. The number of H-pyrrole nitrogens is 1. The van der Waals surface area contributed by atoms with Gasteiger partial charge in [0.15, 0.2) is 0 Å². The van der Waals surface area contributed by atoms with Crippen LogP contribution >= 0.6 is 0 Å². The molecule has 2 aromatic rings. The van der Waals surface area contributed by atoms with Crippen molar-refractivity contribution in [3.8, 4) is 11.4 Å². The average molecular weight is 361 g/mol. The van der Waals surface area contributed by atoms with E-state index in [4.69, 9.17) is 0 Å². The van der Waals surface area contributed by atoms with Gasteiger partial charge in [-0.1, -0.05) is 0 Å². The predicted octanol–water partition coefficient (Wildman–Crippen LogP) is 1.22. The highest BCUT2D eigenvalue weighted by molar-refractivity contribution is 7.91. The standard InChI is InChI=1S/C17H23N5O2S/c23-25(24)10-5-13(6-11-25)20-14-4-9-22(12-14)17-19-8-3-16(21-17)15-2-1-7-18-15/h1-3,7-8,13-14,18,20H,4-6,9-12H2. The van der Waals surface area contributed by atoms with E-state index in [1.54, 1.807) is 6.20 Å². The quantitative estimate of drug-likeness (QED) is 0.851. The highest BCUT2D eigenvalue weighted by Crippen LogP contribution is 2.21. The molecule has 134 valence electrons. The SMILES string of the molecule is O=S1(=O)CCC(NC2CCN(c3nccc(-c4ccc[nH]4)n3)C2)CC1. The number of sulfone groups is 1. The summed E-state index contributed by atoms with van der Waals surface area (Å²) in [7, 11) is -2.80. The van der Waals surface area contributed by atoms with Crippen LogP contribution in [-0.4, -0.2) is 60.0 Å². The van der Waals surface area contributed by atoms with Crippen LogP contribution in [0.4, 0.5) is 5.95 Å². The first-order chi connectivity index (χ1) is 12.1. The van der Waals surface area contributed by atoms with Crippen LogP contribution in [0.1, 0.15) is 19.3 Å². The van der Waals surface area contributed by atoms with Gasteiger partial charge in [-0.05, 0) is 37.5 Å². The van der Waals surface area contributed by atoms with Gasteiger partial charge in [0.1, 0.15) is 9.84 Å². The number of nitrogens with one attached hydrogen (secondary N) is 2. The van der Waals surface area contributed by atoms with E-state index < -0.39 is 9.84 Å². The Balaban J connectivity index is 1.37. The van der Waals surface area contributed by atoms with Crippen LogP contribution < -0.4 is 10.2 Å². The molecule has 4 heterocycles. The van der Waals surface area contributed by atoms with Gasteiger partial charge in [-0.25, -0.2) is 18.4 Å². The van der Waals surface area contributed by atoms with Crippen molar-refractivity contribution in [2.45, 2.75) is 31.3 Å². The Morgan fingerprint density at radius 1 is 1.16 bits per heavy atom. The molecular weight excluding hydrogens is 338 g/mol. The topological polar surface area (TPSA) is 91.0 Å². The minimum Gasteiger partial charge on any atom is -0.360 e. The van der Waals surface area contributed by atoms with Gasteiger partial charge >= 0.3 is 0 Å². The van der Waals surface area contributed by atoms with Gasteiger partial charge in [0.25, 0.3) is 0 Å². The number of anilines is 1. The van der Waals surface area contributed by atoms with E-state index in [-0.39, 0.29) is 0 Å². The molecule has 4 rings (SSSR count). The second-order valence-electron chi connectivity index (χ2n) is 6.85. The van der Waals surface area contributed by atoms with Crippen LogP contribution in [0, 0.1) is 0 Å². The van der Waals surface area contributed by atoms with Crippen molar-refractivity contribution in [3.63, 3.8) is 0 Å². The fourth-order valence-corrected chi connectivity index (χ4v) is 5.10. The summed E-state index contributed by atoms with van der Waals surface area (Å²) in [6, 6.07) is 6.53. The van der Waals surface area contributed by atoms with E-state index in [2.05, 4.69) is 25.2 Å². The largest absolute Gasteiger partial charge is 0.360 e. The summed E-state index contributed by atoms with van der Waals surface area (Å²) >= 11 is 0. The number of hydrogen-bond donors (Lipinski definition) is 2. The fourth-order valence-electron chi connectivity index (χ4n) is 3.61. The van der Waals surface area contributed by atoms with Crippen molar-refractivity contribution < 1.29 is 8.42 Å². The first-order valence-electron chi connectivity index (χ1n) is 8.77. The Morgan fingerprint density at radius 3 is 2.76 bits per heavy atom. The Labute approximate surface area is 147 Å². The van der Waals surface area contributed by atoms with E-state index >= 15 is 0 Å². The van der Waals surface area contributed by atoms with Gasteiger partial charge in [-0.3, -0.25) is 0 Å². The van der Waals surface area contributed by atoms with Crippen molar-refractivity contribution in [1.29, 1.82) is 0 Å². The number of nitrogens with zero attached hydrogens (tertiary/aromatic N) is 3. The molecule has 25 heavy (non-hydrogen) atoms. The van der Waals surface area contributed by atoms with Crippen LogP contribution in [0.25, 0.3) is 11.4 Å². The zero-order valence-corrected chi connectivity index (χ0v) is 14.9. The molecule has 1 unspecified atom stereocenters. The second-order valence-corrected chi connectivity index (χ2v) is 9.15. The molecule has 0 bridgehead atoms. The summed E-state index contributed by atoms with van der Waals surface area (Å²) in [6.45, 7) is 1.77. The molecule has 0 spiro atoms. The van der Waals surface area contributed by atoms with E-state index in [1.165, 1.54) is 0 Å². The van der Waals surface area contributed by atoms with E-state index in [9.17, 15) is 8.42 Å². The summed E-state index contributed by atoms with van der Waals surface area (Å²) in [5, 5.41) is 3.63. The Hall–Kier alpha value is -1.93. The predicted molar refractivity (Wildman–Crippen MR) is 97.2 cm³/mol. The molecule has 2 saturated heterocycles. The zero-order chi connectivity index (χ0) is 17.3. The van der Waals surface area contributed by atoms with Gasteiger partial charge < -0.3 is 15.2 Å². The van der Waals surface area contributed by atoms with E-state index in [1.807, 2.05) is 24.4 Å². The third-order valence-corrected chi connectivity index (χ3v) is 6.73. The van der Waals surface area contributed by atoms with Gasteiger partial charge in [-0.15, -0.1) is 0 Å². The molecule has 0 amide bonds. The number of hydrogen-bond acceptors (Lipinski definition) is 6. The Kier molecular flexibility index (Phi) is 4.47. The van der Waals surface area contributed by atoms with Crippen LogP contribution in [-0.2, 0) is 9.84 Å². The number of aromatic nitrogens is 3. The smallest absolute Gasteiger partial charge is 0.225 e. The molecule has 0 aliphatic carbocycles. The van der Waals surface area contributed by atoms with Crippen LogP contribution in [0.15, 0.2) is 30.6 Å².